The lowest BCUT2D eigenvalue weighted by molar-refractivity contribution is -0.192. The number of rotatable bonds is 4. The highest BCUT2D eigenvalue weighted by atomic mass is 19.4. The molecule has 3 aliphatic rings. The lowest BCUT2D eigenvalue weighted by atomic mass is 10.1. The van der Waals surface area contributed by atoms with Crippen LogP contribution in [-0.2, 0) is 9.59 Å². The molecule has 172 valence electrons. The summed E-state index contributed by atoms with van der Waals surface area (Å²) in [4.78, 5) is 26.1. The van der Waals surface area contributed by atoms with Crippen molar-refractivity contribution in [2.45, 2.75) is 64.2 Å². The van der Waals surface area contributed by atoms with Crippen LogP contribution in [0, 0.1) is 12.8 Å². The van der Waals surface area contributed by atoms with Gasteiger partial charge in [0.05, 0.1) is 0 Å². The summed E-state index contributed by atoms with van der Waals surface area (Å²) >= 11 is 0. The van der Waals surface area contributed by atoms with Crippen LogP contribution >= 0.6 is 0 Å². The Bertz CT molecular complexity index is 811. The number of amides is 1. The lowest BCUT2D eigenvalue weighted by Crippen LogP contribution is -2.39. The number of hydrogen-bond donors (Lipinski definition) is 2. The maximum Gasteiger partial charge on any atom is 0.490 e. The summed E-state index contributed by atoms with van der Waals surface area (Å²) in [5.41, 5.74) is 3.44. The molecule has 31 heavy (non-hydrogen) atoms. The second-order valence-corrected chi connectivity index (χ2v) is 8.68. The molecular weight excluding hydrogens is 411 g/mol. The van der Waals surface area contributed by atoms with Gasteiger partial charge in [-0.3, -0.25) is 9.69 Å². The Kier molecular flexibility index (Phi) is 7.13. The third kappa shape index (κ3) is 6.12. The topological polar surface area (TPSA) is 72.9 Å². The van der Waals surface area contributed by atoms with Crippen LogP contribution in [0.4, 0.5) is 24.5 Å². The summed E-state index contributed by atoms with van der Waals surface area (Å²) in [6.45, 7) is 8.02. The normalized spacial score (nSPS) is 24.0. The predicted octanol–water partition coefficient (Wildman–Crippen LogP) is 4.04. The van der Waals surface area contributed by atoms with Crippen LogP contribution in [0.3, 0.4) is 0 Å². The van der Waals surface area contributed by atoms with Gasteiger partial charge in [0.15, 0.2) is 0 Å². The Morgan fingerprint density at radius 2 is 1.81 bits per heavy atom. The lowest BCUT2D eigenvalue weighted by Gasteiger charge is -2.28. The molecule has 0 radical (unpaired) electrons. The average Bonchev–Trinajstić information content (AvgIpc) is 3.29. The Morgan fingerprint density at radius 3 is 2.32 bits per heavy atom. The number of nitrogens with zero attached hydrogens (tertiary/aromatic N) is 2. The molecule has 0 aromatic heterocycles. The van der Waals surface area contributed by atoms with Gasteiger partial charge in [-0.25, -0.2) is 4.79 Å². The predicted molar refractivity (Wildman–Crippen MR) is 112 cm³/mol. The first-order valence-electron chi connectivity index (χ1n) is 10.8. The third-order valence-corrected chi connectivity index (χ3v) is 6.26. The summed E-state index contributed by atoms with van der Waals surface area (Å²) in [5, 5.41) is 10.2. The monoisotopic (exact) mass is 441 g/mol. The van der Waals surface area contributed by atoms with Crippen molar-refractivity contribution in [1.82, 2.24) is 4.90 Å². The summed E-state index contributed by atoms with van der Waals surface area (Å²) in [7, 11) is 0. The van der Waals surface area contributed by atoms with Crippen molar-refractivity contribution in [1.29, 1.82) is 0 Å². The van der Waals surface area contributed by atoms with Crippen molar-refractivity contribution in [3.63, 3.8) is 0 Å². The number of alkyl halides is 3. The number of aryl methyl sites for hydroxylation is 1. The van der Waals surface area contributed by atoms with Gasteiger partial charge in [0, 0.05) is 42.5 Å². The van der Waals surface area contributed by atoms with Gasteiger partial charge >= 0.3 is 12.1 Å². The minimum absolute atomic E-state index is 0.190. The van der Waals surface area contributed by atoms with Gasteiger partial charge in [0.2, 0.25) is 5.91 Å². The first-order chi connectivity index (χ1) is 14.6. The van der Waals surface area contributed by atoms with E-state index in [1.165, 1.54) is 37.1 Å². The molecule has 1 amide bonds. The van der Waals surface area contributed by atoms with E-state index in [0.29, 0.717) is 6.04 Å². The summed E-state index contributed by atoms with van der Waals surface area (Å²) in [6, 6.07) is 7.94. The Balaban J connectivity index is 0.000000339. The van der Waals surface area contributed by atoms with Crippen LogP contribution in [0.2, 0.25) is 0 Å². The van der Waals surface area contributed by atoms with Gasteiger partial charge in [0.25, 0.3) is 0 Å². The van der Waals surface area contributed by atoms with Gasteiger partial charge in [-0.15, -0.1) is 0 Å². The van der Waals surface area contributed by atoms with E-state index in [-0.39, 0.29) is 11.8 Å². The van der Waals surface area contributed by atoms with Crippen molar-refractivity contribution < 1.29 is 27.9 Å². The summed E-state index contributed by atoms with van der Waals surface area (Å²) < 4.78 is 31.7. The molecule has 6 nitrogen and oxygen atoms in total. The fraction of sp³-hybridized carbons (Fsp3) is 0.636. The van der Waals surface area contributed by atoms with Crippen molar-refractivity contribution >= 4 is 23.3 Å². The molecule has 2 atom stereocenters. The Hall–Kier alpha value is -2.29. The highest BCUT2D eigenvalue weighted by Crippen LogP contribution is 2.32. The van der Waals surface area contributed by atoms with Crippen LogP contribution in [0.1, 0.15) is 44.6 Å². The molecule has 2 N–H and O–H groups in total. The minimum Gasteiger partial charge on any atom is -0.475 e. The van der Waals surface area contributed by atoms with Crippen molar-refractivity contribution in [3.8, 4) is 0 Å². The molecule has 0 spiro atoms. The molecule has 1 aromatic carbocycles. The van der Waals surface area contributed by atoms with E-state index in [9.17, 15) is 18.0 Å². The summed E-state index contributed by atoms with van der Waals surface area (Å²) in [6.07, 6.45) is 0.987. The molecule has 2 saturated heterocycles. The quantitative estimate of drug-likeness (QED) is 0.738. The molecule has 1 saturated carbocycles. The fourth-order valence-electron chi connectivity index (χ4n) is 4.31. The van der Waals surface area contributed by atoms with Crippen LogP contribution in [0.25, 0.3) is 0 Å². The second kappa shape index (κ2) is 9.46. The molecular formula is C22H30F3N3O3. The van der Waals surface area contributed by atoms with Crippen LogP contribution in [0.5, 0.6) is 0 Å². The highest BCUT2D eigenvalue weighted by Gasteiger charge is 2.38. The van der Waals surface area contributed by atoms with Gasteiger partial charge < -0.3 is 15.3 Å². The Labute approximate surface area is 180 Å². The average molecular weight is 441 g/mol. The molecule has 2 heterocycles. The van der Waals surface area contributed by atoms with E-state index < -0.39 is 12.1 Å². The first kappa shape index (κ1) is 23.4. The van der Waals surface area contributed by atoms with Gasteiger partial charge in [-0.2, -0.15) is 13.2 Å². The number of carboxylic acid groups (broad SMARTS) is 1. The molecule has 1 aromatic rings. The van der Waals surface area contributed by atoms with Crippen molar-refractivity contribution in [2.24, 2.45) is 5.92 Å². The number of carbonyl (C=O) groups excluding carboxylic acids is 1. The van der Waals surface area contributed by atoms with E-state index >= 15 is 0 Å². The third-order valence-electron chi connectivity index (χ3n) is 6.26. The van der Waals surface area contributed by atoms with E-state index in [1.54, 1.807) is 0 Å². The number of benzene rings is 1. The summed E-state index contributed by atoms with van der Waals surface area (Å²) in [5.74, 6) is -2.31. The van der Waals surface area contributed by atoms with Crippen molar-refractivity contribution in [2.75, 3.05) is 29.9 Å². The zero-order valence-electron chi connectivity index (χ0n) is 17.9. The van der Waals surface area contributed by atoms with Gasteiger partial charge in [-0.1, -0.05) is 0 Å². The smallest absolute Gasteiger partial charge is 0.475 e. The molecule has 0 bridgehead atoms. The van der Waals surface area contributed by atoms with E-state index in [4.69, 9.17) is 9.90 Å². The number of halogens is 3. The molecule has 4 rings (SSSR count). The fourth-order valence-corrected chi connectivity index (χ4v) is 4.31. The minimum atomic E-state index is -5.08. The number of anilines is 2. The van der Waals surface area contributed by atoms with Gasteiger partial charge in [-0.05, 0) is 76.3 Å². The largest absolute Gasteiger partial charge is 0.490 e. The maximum atomic E-state index is 12.0. The van der Waals surface area contributed by atoms with E-state index in [0.717, 1.165) is 37.7 Å². The number of likely N-dealkylation sites (tertiary alicyclic amines) is 1. The highest BCUT2D eigenvalue weighted by molar-refractivity contribution is 5.94. The molecule has 9 heteroatoms. The second-order valence-electron chi connectivity index (χ2n) is 8.68. The first-order valence-corrected chi connectivity index (χ1v) is 10.8. The SMILES string of the molecule is Cc1cc(N2CCC(N3CCCC3C)C2)ccc1NC(=O)C1CC1.O=C(O)C(F)(F)F. The number of carboxylic acids is 1. The number of carbonyl (C=O) groups is 2. The van der Waals surface area contributed by atoms with Crippen molar-refractivity contribution in [3.05, 3.63) is 23.8 Å². The maximum absolute atomic E-state index is 12.0. The molecule has 3 fully saturated rings. The number of hydrogen-bond acceptors (Lipinski definition) is 4. The van der Waals surface area contributed by atoms with E-state index in [2.05, 4.69) is 47.2 Å². The number of aliphatic carboxylic acids is 1. The van der Waals surface area contributed by atoms with Crippen LogP contribution in [-0.4, -0.2) is 59.8 Å². The zero-order valence-corrected chi connectivity index (χ0v) is 17.9. The van der Waals surface area contributed by atoms with Crippen LogP contribution in [0.15, 0.2) is 18.2 Å². The van der Waals surface area contributed by atoms with Gasteiger partial charge in [0.1, 0.15) is 0 Å². The number of nitrogens with one attached hydrogen (secondary N) is 1. The molecule has 2 aliphatic heterocycles. The van der Waals surface area contributed by atoms with E-state index in [1.807, 2.05) is 0 Å². The molecule has 1 aliphatic carbocycles. The zero-order chi connectivity index (χ0) is 22.8. The Morgan fingerprint density at radius 1 is 1.13 bits per heavy atom. The van der Waals surface area contributed by atoms with Crippen LogP contribution < -0.4 is 10.2 Å². The molecule has 2 unspecified atom stereocenters. The standard InChI is InChI=1S/C20H29N3O.C2HF3O2/c1-14-12-17(7-8-19(14)21-20(24)16-5-6-16)22-11-9-18(13-22)23-10-3-4-15(23)2;3-2(4,5)1(6)7/h7-8,12,15-16,18H,3-6,9-11,13H2,1-2H3,(H,21,24);(H,6,7).